The average Bonchev–Trinajstić information content (AvgIpc) is 3.19. The van der Waals surface area contributed by atoms with Crippen LogP contribution in [0.25, 0.3) is 11.3 Å². The van der Waals surface area contributed by atoms with Gasteiger partial charge >= 0.3 is 0 Å². The molecule has 1 fully saturated rings. The third-order valence-corrected chi connectivity index (χ3v) is 6.65. The van der Waals surface area contributed by atoms with Gasteiger partial charge in [-0.3, -0.25) is 4.72 Å². The van der Waals surface area contributed by atoms with Crippen LogP contribution >= 0.6 is 11.3 Å². The van der Waals surface area contributed by atoms with Crippen molar-refractivity contribution in [2.75, 3.05) is 35.9 Å². The van der Waals surface area contributed by atoms with E-state index in [-0.39, 0.29) is 4.90 Å². The highest BCUT2D eigenvalue weighted by atomic mass is 32.2. The Bertz CT molecular complexity index is 1060. The van der Waals surface area contributed by atoms with E-state index in [2.05, 4.69) is 14.6 Å². The molecule has 6 nitrogen and oxygen atoms in total. The number of anilines is 2. The molecule has 1 N–H and O–H groups in total. The highest BCUT2D eigenvalue weighted by Crippen LogP contribution is 2.29. The molecule has 3 aromatic rings. The molecule has 0 atom stereocenters. The zero-order valence-electron chi connectivity index (χ0n) is 14.8. The molecule has 1 aliphatic heterocycles. The molecule has 146 valence electrons. The fourth-order valence-corrected chi connectivity index (χ4v) is 4.91. The quantitative estimate of drug-likeness (QED) is 0.684. The highest BCUT2D eigenvalue weighted by molar-refractivity contribution is 7.92. The summed E-state index contributed by atoms with van der Waals surface area (Å²) in [5, 5.41) is 2.92. The van der Waals surface area contributed by atoms with E-state index in [1.807, 2.05) is 5.38 Å². The van der Waals surface area contributed by atoms with Gasteiger partial charge < -0.3 is 9.64 Å². The maximum absolute atomic E-state index is 13.8. The van der Waals surface area contributed by atoms with Gasteiger partial charge in [-0.05, 0) is 24.3 Å². The van der Waals surface area contributed by atoms with Crippen molar-refractivity contribution in [3.63, 3.8) is 0 Å². The maximum atomic E-state index is 13.8. The lowest BCUT2D eigenvalue weighted by atomic mass is 10.1. The zero-order valence-corrected chi connectivity index (χ0v) is 16.5. The number of aromatic nitrogens is 1. The predicted octanol–water partition coefficient (Wildman–Crippen LogP) is 3.59. The van der Waals surface area contributed by atoms with Crippen LogP contribution < -0.4 is 9.62 Å². The number of rotatable bonds is 5. The van der Waals surface area contributed by atoms with Gasteiger partial charge in [-0.1, -0.05) is 24.3 Å². The number of benzene rings is 2. The van der Waals surface area contributed by atoms with Crippen molar-refractivity contribution in [3.8, 4) is 11.3 Å². The van der Waals surface area contributed by atoms with E-state index >= 15 is 0 Å². The van der Waals surface area contributed by atoms with E-state index in [0.29, 0.717) is 18.9 Å². The number of sulfonamides is 1. The lowest BCUT2D eigenvalue weighted by Crippen LogP contribution is -2.36. The molecule has 0 radical (unpaired) electrons. The molecule has 0 spiro atoms. The first-order valence-electron chi connectivity index (χ1n) is 8.69. The van der Waals surface area contributed by atoms with Gasteiger partial charge in [0.25, 0.3) is 10.0 Å². The number of thiazole rings is 1. The molecular formula is C19H18FN3O3S2. The van der Waals surface area contributed by atoms with Gasteiger partial charge in [-0.15, -0.1) is 11.3 Å². The Kier molecular flexibility index (Phi) is 5.29. The van der Waals surface area contributed by atoms with Gasteiger partial charge in [0.2, 0.25) is 0 Å². The van der Waals surface area contributed by atoms with Gasteiger partial charge in [-0.25, -0.2) is 17.8 Å². The number of hydrogen-bond donors (Lipinski definition) is 1. The summed E-state index contributed by atoms with van der Waals surface area (Å²) in [6.07, 6.45) is 0. The smallest absolute Gasteiger partial charge is 0.264 e. The second kappa shape index (κ2) is 7.86. The summed E-state index contributed by atoms with van der Waals surface area (Å²) in [4.78, 5) is 6.48. The zero-order chi connectivity index (χ0) is 19.6. The van der Waals surface area contributed by atoms with Gasteiger partial charge in [-0.2, -0.15) is 0 Å². The van der Waals surface area contributed by atoms with Crippen molar-refractivity contribution in [2.24, 2.45) is 0 Å². The van der Waals surface area contributed by atoms with Crippen molar-refractivity contribution < 1.29 is 17.5 Å². The lowest BCUT2D eigenvalue weighted by Gasteiger charge is -2.26. The lowest BCUT2D eigenvalue weighted by molar-refractivity contribution is 0.122. The number of hydrogen-bond acceptors (Lipinski definition) is 6. The van der Waals surface area contributed by atoms with Crippen LogP contribution in [0.1, 0.15) is 0 Å². The van der Waals surface area contributed by atoms with E-state index in [1.54, 1.807) is 35.6 Å². The summed E-state index contributed by atoms with van der Waals surface area (Å²) in [6, 6.07) is 12.1. The first-order valence-corrected chi connectivity index (χ1v) is 11.1. The minimum absolute atomic E-state index is 0.357. The van der Waals surface area contributed by atoms with Crippen LogP contribution in [-0.2, 0) is 14.8 Å². The molecule has 1 saturated heterocycles. The van der Waals surface area contributed by atoms with E-state index in [9.17, 15) is 12.8 Å². The van der Waals surface area contributed by atoms with Gasteiger partial charge in [0.15, 0.2) is 5.13 Å². The predicted molar refractivity (Wildman–Crippen MR) is 108 cm³/mol. The molecule has 0 unspecified atom stereocenters. The monoisotopic (exact) mass is 419 g/mol. The SMILES string of the molecule is O=S(=O)(Nc1ccc(-c2csc(N3CCOCC3)n2)cc1)c1ccccc1F. The summed E-state index contributed by atoms with van der Waals surface area (Å²) in [5.74, 6) is -0.787. The fourth-order valence-electron chi connectivity index (χ4n) is 2.88. The second-order valence-corrected chi connectivity index (χ2v) is 8.72. The number of nitrogens with one attached hydrogen (secondary N) is 1. The summed E-state index contributed by atoms with van der Waals surface area (Å²) in [7, 11) is -3.99. The Morgan fingerprint density at radius 3 is 2.50 bits per heavy atom. The van der Waals surface area contributed by atoms with Crippen LogP contribution in [0.4, 0.5) is 15.2 Å². The van der Waals surface area contributed by atoms with Crippen molar-refractivity contribution in [1.82, 2.24) is 4.98 Å². The molecule has 9 heteroatoms. The second-order valence-electron chi connectivity index (χ2n) is 6.23. The molecule has 0 bridgehead atoms. The normalized spacial score (nSPS) is 14.8. The molecule has 0 saturated carbocycles. The van der Waals surface area contributed by atoms with Crippen LogP contribution in [0.5, 0.6) is 0 Å². The largest absolute Gasteiger partial charge is 0.378 e. The molecule has 0 aliphatic carbocycles. The molecule has 1 aliphatic rings. The highest BCUT2D eigenvalue weighted by Gasteiger charge is 2.19. The van der Waals surface area contributed by atoms with Crippen LogP contribution in [0.3, 0.4) is 0 Å². The molecule has 2 aromatic carbocycles. The van der Waals surface area contributed by atoms with E-state index in [1.165, 1.54) is 18.2 Å². The summed E-state index contributed by atoms with van der Waals surface area (Å²) in [5.41, 5.74) is 2.07. The summed E-state index contributed by atoms with van der Waals surface area (Å²) in [6.45, 7) is 3.05. The molecular weight excluding hydrogens is 401 g/mol. The Morgan fingerprint density at radius 1 is 1.07 bits per heavy atom. The van der Waals surface area contributed by atoms with Gasteiger partial charge in [0.05, 0.1) is 18.9 Å². The first kappa shape index (κ1) is 18.9. The Labute approximate surface area is 166 Å². The van der Waals surface area contributed by atoms with Crippen LogP contribution in [0.15, 0.2) is 58.8 Å². The standard InChI is InChI=1S/C19H18FN3O3S2/c20-16-3-1-2-4-18(16)28(24,25)22-15-7-5-14(6-8-15)17-13-27-19(21-17)23-9-11-26-12-10-23/h1-8,13,22H,9-12H2. The van der Waals surface area contributed by atoms with Crippen molar-refractivity contribution >= 4 is 32.2 Å². The van der Waals surface area contributed by atoms with E-state index in [4.69, 9.17) is 4.74 Å². The average molecular weight is 420 g/mol. The first-order chi connectivity index (χ1) is 13.5. The number of morpholine rings is 1. The molecule has 28 heavy (non-hydrogen) atoms. The Balaban J connectivity index is 1.50. The third-order valence-electron chi connectivity index (χ3n) is 4.33. The fraction of sp³-hybridized carbons (Fsp3) is 0.211. The number of halogens is 1. The van der Waals surface area contributed by atoms with Crippen molar-refractivity contribution in [2.45, 2.75) is 4.90 Å². The van der Waals surface area contributed by atoms with Crippen LogP contribution in [0.2, 0.25) is 0 Å². The Hall–Kier alpha value is -2.49. The minimum Gasteiger partial charge on any atom is -0.378 e. The van der Waals surface area contributed by atoms with Crippen LogP contribution in [-0.4, -0.2) is 39.7 Å². The summed E-state index contributed by atoms with van der Waals surface area (Å²) < 4.78 is 46.3. The van der Waals surface area contributed by atoms with Crippen molar-refractivity contribution in [1.29, 1.82) is 0 Å². The maximum Gasteiger partial charge on any atom is 0.264 e. The number of ether oxygens (including phenoxy) is 1. The third kappa shape index (κ3) is 4.01. The Morgan fingerprint density at radius 2 is 1.79 bits per heavy atom. The summed E-state index contributed by atoms with van der Waals surface area (Å²) >= 11 is 1.57. The van der Waals surface area contributed by atoms with E-state index < -0.39 is 15.8 Å². The molecule has 4 rings (SSSR count). The van der Waals surface area contributed by atoms with Crippen molar-refractivity contribution in [3.05, 3.63) is 59.7 Å². The van der Waals surface area contributed by atoms with Crippen LogP contribution in [0, 0.1) is 5.82 Å². The topological polar surface area (TPSA) is 71.5 Å². The van der Waals surface area contributed by atoms with E-state index in [0.717, 1.165) is 35.5 Å². The molecule has 2 heterocycles. The molecule has 0 amide bonds. The van der Waals surface area contributed by atoms with Gasteiger partial charge in [0, 0.05) is 29.7 Å². The minimum atomic E-state index is -3.99. The van der Waals surface area contributed by atoms with Gasteiger partial charge in [0.1, 0.15) is 10.7 Å². The molecule has 1 aromatic heterocycles. The number of nitrogens with zero attached hydrogens (tertiary/aromatic N) is 2.